The first-order valence-corrected chi connectivity index (χ1v) is 7.22. The fourth-order valence-corrected chi connectivity index (χ4v) is 2.70. The van der Waals surface area contributed by atoms with Gasteiger partial charge in [-0.1, -0.05) is 6.07 Å². The second-order valence-electron chi connectivity index (χ2n) is 5.63. The molecule has 2 atom stereocenters. The van der Waals surface area contributed by atoms with Gasteiger partial charge in [0.15, 0.2) is 0 Å². The Morgan fingerprint density at radius 3 is 2.33 bits per heavy atom. The Balaban J connectivity index is 1.74. The lowest BCUT2D eigenvalue weighted by molar-refractivity contribution is -0.117. The molecule has 2 aromatic carbocycles. The van der Waals surface area contributed by atoms with E-state index in [-0.39, 0.29) is 16.8 Å². The summed E-state index contributed by atoms with van der Waals surface area (Å²) in [6.45, 7) is 0. The number of primary amides is 1. The molecular formula is C17H13F3N2O2. The van der Waals surface area contributed by atoms with Crippen LogP contribution in [0.3, 0.4) is 0 Å². The van der Waals surface area contributed by atoms with Crippen molar-refractivity contribution in [3.8, 4) is 0 Å². The van der Waals surface area contributed by atoms with Crippen LogP contribution in [0.2, 0.25) is 0 Å². The number of carbonyl (C=O) groups excluding carboxylic acids is 2. The lowest BCUT2D eigenvalue weighted by Gasteiger charge is -2.08. The summed E-state index contributed by atoms with van der Waals surface area (Å²) in [5, 5.41) is 2.51. The van der Waals surface area contributed by atoms with Crippen molar-refractivity contribution in [1.29, 1.82) is 0 Å². The van der Waals surface area contributed by atoms with Crippen molar-refractivity contribution in [2.24, 2.45) is 11.7 Å². The summed E-state index contributed by atoms with van der Waals surface area (Å²) in [4.78, 5) is 23.3. The van der Waals surface area contributed by atoms with Crippen molar-refractivity contribution >= 4 is 17.5 Å². The molecule has 2 aromatic rings. The molecule has 0 radical (unpaired) electrons. The molecule has 0 heterocycles. The largest absolute Gasteiger partial charge is 0.366 e. The number of nitrogens with one attached hydrogen (secondary N) is 1. The summed E-state index contributed by atoms with van der Waals surface area (Å²) in [7, 11) is 0. The zero-order chi connectivity index (χ0) is 17.4. The van der Waals surface area contributed by atoms with Gasteiger partial charge < -0.3 is 11.1 Å². The van der Waals surface area contributed by atoms with Gasteiger partial charge in [-0.15, -0.1) is 0 Å². The number of rotatable bonds is 4. The SMILES string of the molecule is NC(=O)c1cc(NC(=O)[C@@H]2C[C@@H]2c2c(F)cccc2F)ccc1F. The molecule has 0 spiro atoms. The van der Waals surface area contributed by atoms with Crippen LogP contribution in [0, 0.1) is 23.4 Å². The van der Waals surface area contributed by atoms with Crippen LogP contribution in [0.1, 0.15) is 28.3 Å². The predicted molar refractivity (Wildman–Crippen MR) is 80.8 cm³/mol. The van der Waals surface area contributed by atoms with E-state index in [1.807, 2.05) is 0 Å². The highest BCUT2D eigenvalue weighted by Crippen LogP contribution is 2.49. The summed E-state index contributed by atoms with van der Waals surface area (Å²) in [6, 6.07) is 6.96. The molecule has 0 aromatic heterocycles. The van der Waals surface area contributed by atoms with Crippen LogP contribution < -0.4 is 11.1 Å². The van der Waals surface area contributed by atoms with E-state index < -0.39 is 41.1 Å². The van der Waals surface area contributed by atoms with Crippen LogP contribution in [-0.2, 0) is 4.79 Å². The van der Waals surface area contributed by atoms with E-state index in [9.17, 15) is 22.8 Å². The first kappa shape index (κ1) is 16.0. The topological polar surface area (TPSA) is 72.2 Å². The monoisotopic (exact) mass is 334 g/mol. The summed E-state index contributed by atoms with van der Waals surface area (Å²) in [5.41, 5.74) is 4.78. The van der Waals surface area contributed by atoms with Crippen molar-refractivity contribution < 1.29 is 22.8 Å². The molecule has 1 fully saturated rings. The zero-order valence-electron chi connectivity index (χ0n) is 12.4. The average molecular weight is 334 g/mol. The minimum Gasteiger partial charge on any atom is -0.366 e. The molecule has 2 amide bonds. The third-order valence-electron chi connectivity index (χ3n) is 4.00. The van der Waals surface area contributed by atoms with Crippen molar-refractivity contribution in [3.63, 3.8) is 0 Å². The average Bonchev–Trinajstić information content (AvgIpc) is 3.29. The quantitative estimate of drug-likeness (QED) is 0.902. The number of halogens is 3. The molecule has 0 saturated heterocycles. The van der Waals surface area contributed by atoms with E-state index in [1.54, 1.807) is 0 Å². The lowest BCUT2D eigenvalue weighted by atomic mass is 10.1. The number of anilines is 1. The van der Waals surface area contributed by atoms with Gasteiger partial charge >= 0.3 is 0 Å². The zero-order valence-corrected chi connectivity index (χ0v) is 12.4. The summed E-state index contributed by atoms with van der Waals surface area (Å²) in [6.07, 6.45) is 0.313. The summed E-state index contributed by atoms with van der Waals surface area (Å²) >= 11 is 0. The maximum atomic E-state index is 13.7. The third-order valence-corrected chi connectivity index (χ3v) is 4.00. The van der Waals surface area contributed by atoms with Gasteiger partial charge in [0.2, 0.25) is 5.91 Å². The molecule has 124 valence electrons. The molecule has 4 nitrogen and oxygen atoms in total. The van der Waals surface area contributed by atoms with E-state index in [0.717, 1.165) is 24.3 Å². The molecule has 1 aliphatic rings. The van der Waals surface area contributed by atoms with E-state index in [4.69, 9.17) is 5.73 Å². The molecule has 3 N–H and O–H groups in total. The molecule has 3 rings (SSSR count). The molecule has 1 aliphatic carbocycles. The number of amides is 2. The highest BCUT2D eigenvalue weighted by molar-refractivity contribution is 5.98. The Kier molecular flexibility index (Phi) is 4.01. The normalized spacial score (nSPS) is 19.0. The van der Waals surface area contributed by atoms with E-state index in [0.29, 0.717) is 6.42 Å². The van der Waals surface area contributed by atoms with E-state index in [1.165, 1.54) is 12.1 Å². The molecule has 0 aliphatic heterocycles. The fourth-order valence-electron chi connectivity index (χ4n) is 2.70. The van der Waals surface area contributed by atoms with Gasteiger partial charge in [-0.2, -0.15) is 0 Å². The number of hydrogen-bond acceptors (Lipinski definition) is 2. The van der Waals surface area contributed by atoms with Gasteiger partial charge in [0.05, 0.1) is 5.56 Å². The maximum absolute atomic E-state index is 13.7. The molecule has 1 saturated carbocycles. The Labute approximate surface area is 135 Å². The van der Waals surface area contributed by atoms with Crippen molar-refractivity contribution in [3.05, 3.63) is 65.0 Å². The Hall–Kier alpha value is -2.83. The minimum absolute atomic E-state index is 0.102. The highest BCUT2D eigenvalue weighted by atomic mass is 19.1. The standard InChI is InChI=1S/C17H13F3N2O2/c18-12-5-4-8(6-11(12)16(21)23)22-17(24)10-7-9(10)15-13(19)2-1-3-14(15)20/h1-6,9-10H,7H2,(H2,21,23)(H,22,24)/t9-,10+/m0/s1. The fraction of sp³-hybridized carbons (Fsp3) is 0.176. The number of nitrogens with two attached hydrogens (primary N) is 1. The summed E-state index contributed by atoms with van der Waals surface area (Å²) in [5.74, 6) is -4.70. The van der Waals surface area contributed by atoms with Gasteiger partial charge in [-0.3, -0.25) is 9.59 Å². The summed E-state index contributed by atoms with van der Waals surface area (Å²) < 4.78 is 40.9. The minimum atomic E-state index is -0.957. The van der Waals surface area contributed by atoms with Crippen molar-refractivity contribution in [2.45, 2.75) is 12.3 Å². The highest BCUT2D eigenvalue weighted by Gasteiger charge is 2.46. The van der Waals surface area contributed by atoms with Gasteiger partial charge in [0.1, 0.15) is 17.5 Å². The van der Waals surface area contributed by atoms with Crippen LogP contribution in [0.5, 0.6) is 0 Å². The smallest absolute Gasteiger partial charge is 0.251 e. The van der Waals surface area contributed by atoms with E-state index >= 15 is 0 Å². The number of hydrogen-bond donors (Lipinski definition) is 2. The van der Waals surface area contributed by atoms with Gasteiger partial charge in [-0.05, 0) is 36.8 Å². The molecule has 7 heteroatoms. The number of carbonyl (C=O) groups is 2. The van der Waals surface area contributed by atoms with Crippen LogP contribution in [0.15, 0.2) is 36.4 Å². The Morgan fingerprint density at radius 2 is 1.71 bits per heavy atom. The molecule has 24 heavy (non-hydrogen) atoms. The first-order chi connectivity index (χ1) is 11.4. The number of benzene rings is 2. The van der Waals surface area contributed by atoms with Crippen LogP contribution in [0.25, 0.3) is 0 Å². The Morgan fingerprint density at radius 1 is 1.04 bits per heavy atom. The molecule has 0 bridgehead atoms. The Bertz CT molecular complexity index is 818. The van der Waals surface area contributed by atoms with Gasteiger partial charge in [-0.25, -0.2) is 13.2 Å². The van der Waals surface area contributed by atoms with E-state index in [2.05, 4.69) is 5.32 Å². The van der Waals surface area contributed by atoms with Crippen LogP contribution >= 0.6 is 0 Å². The first-order valence-electron chi connectivity index (χ1n) is 7.22. The molecular weight excluding hydrogens is 321 g/mol. The lowest BCUT2D eigenvalue weighted by Crippen LogP contribution is -2.17. The second-order valence-corrected chi connectivity index (χ2v) is 5.63. The molecule has 0 unspecified atom stereocenters. The predicted octanol–water partition coefficient (Wildman–Crippen LogP) is 2.95. The van der Waals surface area contributed by atoms with Crippen molar-refractivity contribution in [2.75, 3.05) is 5.32 Å². The van der Waals surface area contributed by atoms with Crippen LogP contribution in [-0.4, -0.2) is 11.8 Å². The third kappa shape index (κ3) is 2.97. The van der Waals surface area contributed by atoms with Gasteiger partial charge in [0.25, 0.3) is 5.91 Å². The van der Waals surface area contributed by atoms with Gasteiger partial charge in [0, 0.05) is 23.1 Å². The maximum Gasteiger partial charge on any atom is 0.251 e. The second kappa shape index (κ2) is 5.99. The van der Waals surface area contributed by atoms with Crippen molar-refractivity contribution in [1.82, 2.24) is 0 Å². The van der Waals surface area contributed by atoms with Crippen LogP contribution in [0.4, 0.5) is 18.9 Å².